The summed E-state index contributed by atoms with van der Waals surface area (Å²) in [5.41, 5.74) is 0.962. The summed E-state index contributed by atoms with van der Waals surface area (Å²) in [5.74, 6) is 0.724. The molecule has 0 N–H and O–H groups in total. The number of hydrogen-bond acceptors (Lipinski definition) is 2. The maximum absolute atomic E-state index is 6.23. The maximum Gasteiger partial charge on any atom is 0.169 e. The van der Waals surface area contributed by atoms with Crippen molar-refractivity contribution in [3.63, 3.8) is 0 Å². The average Bonchev–Trinajstić information content (AvgIpc) is 2.68. The monoisotopic (exact) mass is 319 g/mol. The molecule has 0 aliphatic heterocycles. The van der Waals surface area contributed by atoms with Gasteiger partial charge >= 0.3 is 0 Å². The molecule has 16 heavy (non-hydrogen) atoms. The van der Waals surface area contributed by atoms with Gasteiger partial charge in [0.2, 0.25) is 0 Å². The second kappa shape index (κ2) is 5.21. The van der Waals surface area contributed by atoms with Crippen molar-refractivity contribution >= 4 is 39.1 Å². The quantitative estimate of drug-likeness (QED) is 0.772. The van der Waals surface area contributed by atoms with Gasteiger partial charge in [-0.1, -0.05) is 11.6 Å². The number of furan rings is 1. The fourth-order valence-corrected chi connectivity index (χ4v) is 2.16. The number of pyridine rings is 1. The molecule has 0 aliphatic rings. The molecule has 0 bridgehead atoms. The van der Waals surface area contributed by atoms with Crippen LogP contribution < -0.4 is 0 Å². The standard InChI is InChI=1S/C11H8BrCl2NO/c12-11-2-1-10(16-11)8(13)5-7-3-4-15-6-9(7)14/h1-4,6,8H,5H2. The van der Waals surface area contributed by atoms with Gasteiger partial charge in [-0.25, -0.2) is 0 Å². The molecule has 0 aliphatic carbocycles. The molecule has 2 rings (SSSR count). The minimum atomic E-state index is -0.230. The van der Waals surface area contributed by atoms with Crippen molar-refractivity contribution in [2.24, 2.45) is 0 Å². The Kier molecular flexibility index (Phi) is 3.90. The van der Waals surface area contributed by atoms with E-state index in [0.29, 0.717) is 16.1 Å². The molecular formula is C11H8BrCl2NO. The van der Waals surface area contributed by atoms with E-state index in [9.17, 15) is 0 Å². The average molecular weight is 321 g/mol. The first kappa shape index (κ1) is 12.0. The third-order valence-corrected chi connectivity index (χ3v) is 3.29. The number of aromatic nitrogens is 1. The van der Waals surface area contributed by atoms with Crippen LogP contribution in [0.15, 0.2) is 39.7 Å². The third kappa shape index (κ3) is 2.78. The minimum absolute atomic E-state index is 0.230. The zero-order chi connectivity index (χ0) is 11.5. The Bertz CT molecular complexity index is 486. The van der Waals surface area contributed by atoms with Crippen LogP contribution in [0, 0.1) is 0 Å². The molecule has 0 saturated carbocycles. The molecule has 2 heterocycles. The Labute approximate surface area is 112 Å². The van der Waals surface area contributed by atoms with E-state index in [1.807, 2.05) is 18.2 Å². The summed E-state index contributed by atoms with van der Waals surface area (Å²) in [6, 6.07) is 5.52. The smallest absolute Gasteiger partial charge is 0.169 e. The summed E-state index contributed by atoms with van der Waals surface area (Å²) in [6.07, 6.45) is 3.92. The van der Waals surface area contributed by atoms with Gasteiger partial charge in [0.25, 0.3) is 0 Å². The summed E-state index contributed by atoms with van der Waals surface area (Å²) < 4.78 is 6.06. The molecule has 84 valence electrons. The van der Waals surface area contributed by atoms with Crippen molar-refractivity contribution in [1.29, 1.82) is 0 Å². The van der Waals surface area contributed by atoms with Gasteiger partial charge in [0, 0.05) is 12.4 Å². The van der Waals surface area contributed by atoms with Gasteiger partial charge in [0.15, 0.2) is 4.67 Å². The Morgan fingerprint density at radius 3 is 2.81 bits per heavy atom. The van der Waals surface area contributed by atoms with E-state index < -0.39 is 0 Å². The molecular weight excluding hydrogens is 313 g/mol. The van der Waals surface area contributed by atoms with Crippen molar-refractivity contribution in [3.8, 4) is 0 Å². The highest BCUT2D eigenvalue weighted by atomic mass is 79.9. The van der Waals surface area contributed by atoms with E-state index >= 15 is 0 Å². The van der Waals surface area contributed by atoms with Gasteiger partial charge in [-0.05, 0) is 46.1 Å². The fraction of sp³-hybridized carbons (Fsp3) is 0.182. The summed E-state index contributed by atoms with van der Waals surface area (Å²) in [4.78, 5) is 3.92. The number of alkyl halides is 1. The van der Waals surface area contributed by atoms with Gasteiger partial charge in [-0.15, -0.1) is 11.6 Å². The number of nitrogens with zero attached hydrogens (tertiary/aromatic N) is 1. The molecule has 0 spiro atoms. The molecule has 0 fully saturated rings. The Morgan fingerprint density at radius 1 is 1.38 bits per heavy atom. The van der Waals surface area contributed by atoms with E-state index in [1.165, 1.54) is 0 Å². The van der Waals surface area contributed by atoms with E-state index in [-0.39, 0.29) is 5.38 Å². The lowest BCUT2D eigenvalue weighted by atomic mass is 10.1. The zero-order valence-electron chi connectivity index (χ0n) is 8.16. The van der Waals surface area contributed by atoms with Crippen LogP contribution in [0.25, 0.3) is 0 Å². The second-order valence-electron chi connectivity index (χ2n) is 3.28. The summed E-state index contributed by atoms with van der Waals surface area (Å²) >= 11 is 15.5. The van der Waals surface area contributed by atoms with Crippen LogP contribution in [0.1, 0.15) is 16.7 Å². The normalized spacial score (nSPS) is 12.7. The third-order valence-electron chi connectivity index (χ3n) is 2.16. The maximum atomic E-state index is 6.23. The first-order valence-electron chi connectivity index (χ1n) is 4.64. The van der Waals surface area contributed by atoms with Crippen molar-refractivity contribution in [1.82, 2.24) is 4.98 Å². The molecule has 1 atom stereocenters. The number of hydrogen-bond donors (Lipinski definition) is 0. The molecule has 1 unspecified atom stereocenters. The topological polar surface area (TPSA) is 26.0 Å². The molecule has 0 amide bonds. The zero-order valence-corrected chi connectivity index (χ0v) is 11.3. The van der Waals surface area contributed by atoms with Crippen LogP contribution >= 0.6 is 39.1 Å². The van der Waals surface area contributed by atoms with Crippen LogP contribution in [0.5, 0.6) is 0 Å². The van der Waals surface area contributed by atoms with E-state index in [0.717, 1.165) is 11.3 Å². The SMILES string of the molecule is Clc1cnccc1CC(Cl)c1ccc(Br)o1. The highest BCUT2D eigenvalue weighted by Crippen LogP contribution is 2.30. The predicted molar refractivity (Wildman–Crippen MR) is 68.0 cm³/mol. The van der Waals surface area contributed by atoms with Crippen LogP contribution in [0.2, 0.25) is 5.02 Å². The van der Waals surface area contributed by atoms with E-state index in [4.69, 9.17) is 27.6 Å². The highest BCUT2D eigenvalue weighted by molar-refractivity contribution is 9.10. The van der Waals surface area contributed by atoms with Gasteiger partial charge in [-0.2, -0.15) is 0 Å². The van der Waals surface area contributed by atoms with Crippen molar-refractivity contribution in [2.45, 2.75) is 11.8 Å². The minimum Gasteiger partial charge on any atom is -0.453 e. The fourth-order valence-electron chi connectivity index (χ4n) is 1.36. The Balaban J connectivity index is 2.13. The summed E-state index contributed by atoms with van der Waals surface area (Å²) in [7, 11) is 0. The predicted octanol–water partition coefficient (Wildman–Crippen LogP) is 4.61. The second-order valence-corrected chi connectivity index (χ2v) is 5.00. The summed E-state index contributed by atoms with van der Waals surface area (Å²) in [6.45, 7) is 0. The molecule has 2 nitrogen and oxygen atoms in total. The van der Waals surface area contributed by atoms with Crippen LogP contribution in [0.4, 0.5) is 0 Å². The van der Waals surface area contributed by atoms with Crippen LogP contribution in [-0.4, -0.2) is 4.98 Å². The molecule has 0 aromatic carbocycles. The van der Waals surface area contributed by atoms with Crippen LogP contribution in [0.3, 0.4) is 0 Å². The largest absolute Gasteiger partial charge is 0.453 e. The van der Waals surface area contributed by atoms with Gasteiger partial charge in [-0.3, -0.25) is 4.98 Å². The van der Waals surface area contributed by atoms with E-state index in [2.05, 4.69) is 20.9 Å². The highest BCUT2D eigenvalue weighted by Gasteiger charge is 2.14. The van der Waals surface area contributed by atoms with Gasteiger partial charge in [0.1, 0.15) is 5.76 Å². The Hall–Kier alpha value is -0.510. The van der Waals surface area contributed by atoms with Crippen molar-refractivity contribution < 1.29 is 4.42 Å². The van der Waals surface area contributed by atoms with Gasteiger partial charge in [0.05, 0.1) is 10.4 Å². The Morgan fingerprint density at radius 2 is 2.19 bits per heavy atom. The first-order valence-corrected chi connectivity index (χ1v) is 6.25. The molecule has 0 saturated heterocycles. The van der Waals surface area contributed by atoms with E-state index in [1.54, 1.807) is 12.4 Å². The molecule has 2 aromatic rings. The number of halogens is 3. The molecule has 5 heteroatoms. The van der Waals surface area contributed by atoms with Crippen LogP contribution in [-0.2, 0) is 6.42 Å². The molecule has 0 radical (unpaired) electrons. The van der Waals surface area contributed by atoms with Crippen molar-refractivity contribution in [2.75, 3.05) is 0 Å². The molecule has 2 aromatic heterocycles. The lowest BCUT2D eigenvalue weighted by Gasteiger charge is -2.07. The lowest BCUT2D eigenvalue weighted by Crippen LogP contribution is -1.95. The van der Waals surface area contributed by atoms with Crippen molar-refractivity contribution in [3.05, 3.63) is 51.6 Å². The lowest BCUT2D eigenvalue weighted by molar-refractivity contribution is 0.481. The first-order chi connectivity index (χ1) is 7.66. The van der Waals surface area contributed by atoms with Gasteiger partial charge < -0.3 is 4.42 Å². The summed E-state index contributed by atoms with van der Waals surface area (Å²) in [5, 5.41) is 0.393. The number of rotatable bonds is 3.